The summed E-state index contributed by atoms with van der Waals surface area (Å²) in [5.74, 6) is 0.806. The number of carbonyl (C=O) groups excluding carboxylic acids is 1. The molecule has 2 atom stereocenters. The van der Waals surface area contributed by atoms with E-state index < -0.39 is 6.09 Å². The van der Waals surface area contributed by atoms with Crippen LogP contribution in [-0.2, 0) is 4.79 Å². The van der Waals surface area contributed by atoms with Gasteiger partial charge in [-0.25, -0.2) is 9.78 Å². The molecule has 0 spiro atoms. The van der Waals surface area contributed by atoms with Gasteiger partial charge >= 0.3 is 6.09 Å². The highest BCUT2D eigenvalue weighted by atomic mass is 35.5. The number of nitrogens with one attached hydrogen (secondary N) is 1. The lowest BCUT2D eigenvalue weighted by Crippen LogP contribution is -2.45. The Morgan fingerprint density at radius 3 is 2.43 bits per heavy atom. The minimum atomic E-state index is -1.07. The lowest BCUT2D eigenvalue weighted by molar-refractivity contribution is -0.117. The molecule has 2 N–H and O–H groups in total. The Hall–Kier alpha value is -2.80. The minimum absolute atomic E-state index is 0. The highest BCUT2D eigenvalue weighted by molar-refractivity contribution is 5.94. The first-order valence-corrected chi connectivity index (χ1v) is 8.85. The molecular weight excluding hydrogens is 380 g/mol. The zero-order valence-corrected chi connectivity index (χ0v) is 17.2. The standard InChI is InChI=1S/C20H24N4O3.ClH/c1-12-9-17(22-20(26)27)16-10-14(5-7-18(16)24(12)13(2)25)15-6-8-19(21-11-15)23(3)4;/h5-8,10-12,17,22H,9H2,1-4H3,(H,26,27);1H. The van der Waals surface area contributed by atoms with Crippen molar-refractivity contribution in [3.8, 4) is 11.1 Å². The van der Waals surface area contributed by atoms with Crippen LogP contribution >= 0.6 is 12.4 Å². The monoisotopic (exact) mass is 404 g/mol. The van der Waals surface area contributed by atoms with Crippen LogP contribution in [0.15, 0.2) is 36.5 Å². The fourth-order valence-corrected chi connectivity index (χ4v) is 3.63. The molecule has 8 heteroatoms. The van der Waals surface area contributed by atoms with Crippen molar-refractivity contribution in [1.29, 1.82) is 0 Å². The summed E-state index contributed by atoms with van der Waals surface area (Å²) in [7, 11) is 3.86. The fraction of sp³-hybridized carbons (Fsp3) is 0.350. The maximum Gasteiger partial charge on any atom is 0.405 e. The number of hydrogen-bond acceptors (Lipinski definition) is 4. The molecule has 0 bridgehead atoms. The summed E-state index contributed by atoms with van der Waals surface area (Å²) in [4.78, 5) is 31.5. The van der Waals surface area contributed by atoms with Crippen molar-refractivity contribution in [3.05, 3.63) is 42.1 Å². The van der Waals surface area contributed by atoms with Gasteiger partial charge in [-0.3, -0.25) is 4.79 Å². The van der Waals surface area contributed by atoms with Crippen LogP contribution in [-0.4, -0.2) is 42.2 Å². The number of anilines is 2. The van der Waals surface area contributed by atoms with Crippen molar-refractivity contribution in [3.63, 3.8) is 0 Å². The van der Waals surface area contributed by atoms with Crippen molar-refractivity contribution < 1.29 is 14.7 Å². The van der Waals surface area contributed by atoms with E-state index in [4.69, 9.17) is 0 Å². The van der Waals surface area contributed by atoms with Crippen molar-refractivity contribution in [2.45, 2.75) is 32.4 Å². The molecule has 2 unspecified atom stereocenters. The molecular formula is C20H25ClN4O3. The Labute approximate surface area is 170 Å². The average molecular weight is 405 g/mol. The van der Waals surface area contributed by atoms with Crippen molar-refractivity contribution in [2.75, 3.05) is 23.9 Å². The van der Waals surface area contributed by atoms with Crippen LogP contribution in [0.5, 0.6) is 0 Å². The molecule has 150 valence electrons. The SMILES string of the molecule is CC(=O)N1c2ccc(-c3ccc(N(C)C)nc3)cc2C(NC(=O)O)CC1C.Cl. The van der Waals surface area contributed by atoms with E-state index in [0.29, 0.717) is 6.42 Å². The Morgan fingerprint density at radius 1 is 1.21 bits per heavy atom. The maximum absolute atomic E-state index is 12.1. The molecule has 1 aliphatic rings. The lowest BCUT2D eigenvalue weighted by atomic mass is 9.89. The average Bonchev–Trinajstić information content (AvgIpc) is 2.60. The van der Waals surface area contributed by atoms with Gasteiger partial charge in [0.05, 0.1) is 6.04 Å². The van der Waals surface area contributed by atoms with E-state index in [9.17, 15) is 14.7 Å². The van der Waals surface area contributed by atoms with E-state index in [1.807, 2.05) is 56.3 Å². The molecule has 1 aliphatic heterocycles. The number of rotatable bonds is 3. The van der Waals surface area contributed by atoms with Gasteiger partial charge in [0.2, 0.25) is 5.91 Å². The highest BCUT2D eigenvalue weighted by Crippen LogP contribution is 2.39. The Bertz CT molecular complexity index is 870. The Morgan fingerprint density at radius 2 is 1.89 bits per heavy atom. The third-order valence-corrected chi connectivity index (χ3v) is 4.86. The van der Waals surface area contributed by atoms with Crippen LogP contribution in [0.2, 0.25) is 0 Å². The number of benzene rings is 1. The van der Waals surface area contributed by atoms with Gasteiger partial charge in [-0.05, 0) is 48.7 Å². The smallest absolute Gasteiger partial charge is 0.405 e. The van der Waals surface area contributed by atoms with Crippen LogP contribution in [0.4, 0.5) is 16.3 Å². The van der Waals surface area contributed by atoms with Crippen LogP contribution in [0.3, 0.4) is 0 Å². The topological polar surface area (TPSA) is 85.8 Å². The predicted molar refractivity (Wildman–Crippen MR) is 112 cm³/mol. The van der Waals surface area contributed by atoms with E-state index >= 15 is 0 Å². The molecule has 28 heavy (non-hydrogen) atoms. The molecule has 7 nitrogen and oxygen atoms in total. The molecule has 0 radical (unpaired) electrons. The lowest BCUT2D eigenvalue weighted by Gasteiger charge is -2.39. The van der Waals surface area contributed by atoms with Crippen LogP contribution in [0, 0.1) is 0 Å². The number of carbonyl (C=O) groups is 2. The Balaban J connectivity index is 0.00000280. The number of nitrogens with zero attached hydrogens (tertiary/aromatic N) is 3. The van der Waals surface area contributed by atoms with E-state index in [1.165, 1.54) is 6.92 Å². The first-order valence-electron chi connectivity index (χ1n) is 8.85. The molecule has 0 aliphatic carbocycles. The van der Waals surface area contributed by atoms with Gasteiger partial charge in [0.15, 0.2) is 0 Å². The predicted octanol–water partition coefficient (Wildman–Crippen LogP) is 3.69. The van der Waals surface area contributed by atoms with E-state index in [2.05, 4.69) is 10.3 Å². The second kappa shape index (κ2) is 8.48. The van der Waals surface area contributed by atoms with Gasteiger partial charge < -0.3 is 20.2 Å². The second-order valence-electron chi connectivity index (χ2n) is 7.05. The zero-order chi connectivity index (χ0) is 19.7. The first kappa shape index (κ1) is 21.5. The Kier molecular flexibility index (Phi) is 6.51. The molecule has 2 aromatic rings. The molecule has 0 saturated heterocycles. The molecule has 2 amide bonds. The molecule has 1 aromatic heterocycles. The summed E-state index contributed by atoms with van der Waals surface area (Å²) < 4.78 is 0. The molecule has 1 aromatic carbocycles. The van der Waals surface area contributed by atoms with Gasteiger partial charge in [-0.15, -0.1) is 12.4 Å². The summed E-state index contributed by atoms with van der Waals surface area (Å²) in [6.07, 6.45) is 1.25. The van der Waals surface area contributed by atoms with Crippen LogP contribution < -0.4 is 15.1 Å². The number of pyridine rings is 1. The minimum Gasteiger partial charge on any atom is -0.465 e. The van der Waals surface area contributed by atoms with Gasteiger partial charge in [-0.1, -0.05) is 6.07 Å². The van der Waals surface area contributed by atoms with Crippen molar-refractivity contribution in [2.24, 2.45) is 0 Å². The molecule has 3 rings (SSSR count). The highest BCUT2D eigenvalue weighted by Gasteiger charge is 2.33. The summed E-state index contributed by atoms with van der Waals surface area (Å²) >= 11 is 0. The second-order valence-corrected chi connectivity index (χ2v) is 7.05. The van der Waals surface area contributed by atoms with Gasteiger partial charge in [0.1, 0.15) is 5.82 Å². The third kappa shape index (κ3) is 4.20. The van der Waals surface area contributed by atoms with Gasteiger partial charge in [-0.2, -0.15) is 0 Å². The summed E-state index contributed by atoms with van der Waals surface area (Å²) in [5.41, 5.74) is 3.42. The summed E-state index contributed by atoms with van der Waals surface area (Å²) in [5, 5.41) is 11.8. The number of halogens is 1. The number of aromatic nitrogens is 1. The van der Waals surface area contributed by atoms with Crippen molar-refractivity contribution >= 4 is 35.9 Å². The quantitative estimate of drug-likeness (QED) is 0.814. The third-order valence-electron chi connectivity index (χ3n) is 4.86. The van der Waals surface area contributed by atoms with Crippen molar-refractivity contribution in [1.82, 2.24) is 10.3 Å². The molecule has 0 saturated carbocycles. The largest absolute Gasteiger partial charge is 0.465 e. The molecule has 0 fully saturated rings. The van der Waals surface area contributed by atoms with E-state index in [1.54, 1.807) is 11.1 Å². The number of fused-ring (bicyclic) bond motifs is 1. The zero-order valence-electron chi connectivity index (χ0n) is 16.3. The first-order chi connectivity index (χ1) is 12.8. The fourth-order valence-electron chi connectivity index (χ4n) is 3.63. The van der Waals surface area contributed by atoms with E-state index in [-0.39, 0.29) is 30.4 Å². The maximum atomic E-state index is 12.1. The van der Waals surface area contributed by atoms with Gasteiger partial charge in [0.25, 0.3) is 0 Å². The number of hydrogen-bond donors (Lipinski definition) is 2. The van der Waals surface area contributed by atoms with Crippen LogP contribution in [0.1, 0.15) is 31.9 Å². The normalized spacial score (nSPS) is 17.9. The van der Waals surface area contributed by atoms with Crippen LogP contribution in [0.25, 0.3) is 11.1 Å². The summed E-state index contributed by atoms with van der Waals surface area (Å²) in [6.45, 7) is 3.46. The number of amides is 2. The number of carboxylic acid groups (broad SMARTS) is 1. The van der Waals surface area contributed by atoms with Gasteiger partial charge in [0, 0.05) is 44.5 Å². The summed E-state index contributed by atoms with van der Waals surface area (Å²) in [6, 6.07) is 9.25. The molecule has 2 heterocycles. The van der Waals surface area contributed by atoms with E-state index in [0.717, 1.165) is 28.2 Å².